The van der Waals surface area contributed by atoms with Gasteiger partial charge in [-0.2, -0.15) is 0 Å². The number of benzene rings is 1. The van der Waals surface area contributed by atoms with E-state index in [0.29, 0.717) is 22.1 Å². The van der Waals surface area contributed by atoms with Crippen molar-refractivity contribution in [3.63, 3.8) is 0 Å². The summed E-state index contributed by atoms with van der Waals surface area (Å²) >= 11 is 1.44. The standard InChI is InChI=1S/C25H35NO4SSi/c1-25(2,3)32(7,8)30-20-13-15-9-11-18(26)17-14-19(27)21(31-6)12-10-16(17)22(15)24(29-5)23(20)28-4/h10,12-14,18H,9,11,26H2,1-8H3. The summed E-state index contributed by atoms with van der Waals surface area (Å²) in [5, 5.41) is 0.0412. The van der Waals surface area contributed by atoms with Gasteiger partial charge in [0.25, 0.3) is 8.32 Å². The highest BCUT2D eigenvalue weighted by molar-refractivity contribution is 7.98. The molecule has 0 radical (unpaired) electrons. The number of ether oxygens (including phenoxy) is 2. The van der Waals surface area contributed by atoms with Gasteiger partial charge in [-0.1, -0.05) is 26.8 Å². The van der Waals surface area contributed by atoms with Crippen LogP contribution in [0.5, 0.6) is 17.2 Å². The van der Waals surface area contributed by atoms with Crippen molar-refractivity contribution in [1.82, 2.24) is 0 Å². The zero-order valence-electron chi connectivity index (χ0n) is 20.4. The molecule has 2 aromatic carbocycles. The van der Waals surface area contributed by atoms with Crippen LogP contribution in [-0.2, 0) is 6.42 Å². The molecule has 0 saturated heterocycles. The second-order valence-corrected chi connectivity index (χ2v) is 15.3. The molecule has 0 heterocycles. The Morgan fingerprint density at radius 2 is 1.75 bits per heavy atom. The summed E-state index contributed by atoms with van der Waals surface area (Å²) < 4.78 is 18.4. The Morgan fingerprint density at radius 1 is 1.09 bits per heavy atom. The minimum absolute atomic E-state index is 0.0125. The minimum atomic E-state index is -2.11. The Kier molecular flexibility index (Phi) is 7.03. The van der Waals surface area contributed by atoms with Crippen molar-refractivity contribution in [3.8, 4) is 28.4 Å². The average Bonchev–Trinajstić information content (AvgIpc) is 2.95. The lowest BCUT2D eigenvalue weighted by molar-refractivity contribution is 0.341. The first-order valence-corrected chi connectivity index (χ1v) is 15.0. The number of hydrogen-bond donors (Lipinski definition) is 1. The second kappa shape index (κ2) is 9.12. The number of hydrogen-bond acceptors (Lipinski definition) is 6. The quantitative estimate of drug-likeness (QED) is 0.438. The van der Waals surface area contributed by atoms with Gasteiger partial charge in [0.05, 0.1) is 19.1 Å². The Balaban J connectivity index is 2.34. The predicted octanol–water partition coefficient (Wildman–Crippen LogP) is 5.78. The maximum absolute atomic E-state index is 12.7. The number of rotatable bonds is 5. The van der Waals surface area contributed by atoms with Gasteiger partial charge in [-0.25, -0.2) is 0 Å². The highest BCUT2D eigenvalue weighted by Gasteiger charge is 2.40. The number of fused-ring (bicyclic) bond motifs is 3. The van der Waals surface area contributed by atoms with Crippen LogP contribution in [0.15, 0.2) is 34.0 Å². The van der Waals surface area contributed by atoms with E-state index < -0.39 is 8.32 Å². The van der Waals surface area contributed by atoms with Crippen molar-refractivity contribution < 1.29 is 13.9 Å². The van der Waals surface area contributed by atoms with Gasteiger partial charge in [0.2, 0.25) is 5.75 Å². The summed E-state index contributed by atoms with van der Waals surface area (Å²) in [6.45, 7) is 11.1. The maximum Gasteiger partial charge on any atom is 0.250 e. The van der Waals surface area contributed by atoms with E-state index in [4.69, 9.17) is 19.6 Å². The van der Waals surface area contributed by atoms with Crippen molar-refractivity contribution in [2.45, 2.75) is 62.7 Å². The van der Waals surface area contributed by atoms with Crippen molar-refractivity contribution in [1.29, 1.82) is 0 Å². The van der Waals surface area contributed by atoms with Crippen LogP contribution < -0.4 is 25.1 Å². The zero-order chi connectivity index (χ0) is 23.8. The van der Waals surface area contributed by atoms with Crippen LogP contribution in [0, 0.1) is 0 Å². The Bertz CT molecular complexity index is 1080. The third-order valence-corrected chi connectivity index (χ3v) is 11.8. The molecule has 7 heteroatoms. The molecule has 32 heavy (non-hydrogen) atoms. The second-order valence-electron chi connectivity index (χ2n) is 9.76. The first kappa shape index (κ1) is 24.7. The minimum Gasteiger partial charge on any atom is -0.541 e. The number of aryl methyl sites for hydroxylation is 1. The molecule has 2 aromatic rings. The predicted molar refractivity (Wildman–Crippen MR) is 136 cm³/mol. The molecule has 0 spiro atoms. The highest BCUT2D eigenvalue weighted by Crippen LogP contribution is 2.51. The number of thioether (sulfide) groups is 1. The van der Waals surface area contributed by atoms with Gasteiger partial charge in [0.15, 0.2) is 16.9 Å². The summed E-state index contributed by atoms with van der Waals surface area (Å²) in [7, 11) is 1.18. The van der Waals surface area contributed by atoms with Gasteiger partial charge in [-0.05, 0) is 72.1 Å². The largest absolute Gasteiger partial charge is 0.541 e. The summed E-state index contributed by atoms with van der Waals surface area (Å²) in [5.74, 6) is 1.91. The first-order valence-electron chi connectivity index (χ1n) is 10.9. The molecule has 0 aliphatic heterocycles. The average molecular weight is 474 g/mol. The Morgan fingerprint density at radius 3 is 2.31 bits per heavy atom. The van der Waals surface area contributed by atoms with Gasteiger partial charge < -0.3 is 19.6 Å². The lowest BCUT2D eigenvalue weighted by Gasteiger charge is -2.37. The van der Waals surface area contributed by atoms with Crippen LogP contribution in [0.25, 0.3) is 11.1 Å². The molecule has 0 saturated carbocycles. The monoisotopic (exact) mass is 473 g/mol. The van der Waals surface area contributed by atoms with E-state index in [1.165, 1.54) is 11.8 Å². The molecular formula is C25H35NO4SSi. The molecule has 1 aliphatic carbocycles. The van der Waals surface area contributed by atoms with E-state index in [0.717, 1.165) is 35.1 Å². The molecule has 0 bridgehead atoms. The summed E-state index contributed by atoms with van der Waals surface area (Å²) in [4.78, 5) is 13.4. The molecule has 1 unspecified atom stereocenters. The van der Waals surface area contributed by atoms with Crippen LogP contribution in [0.1, 0.15) is 44.4 Å². The van der Waals surface area contributed by atoms with Crippen molar-refractivity contribution in [2.75, 3.05) is 20.5 Å². The molecule has 0 fully saturated rings. The molecular weight excluding hydrogens is 438 g/mol. The fourth-order valence-electron chi connectivity index (χ4n) is 3.85. The van der Waals surface area contributed by atoms with E-state index in [2.05, 4.69) is 39.9 Å². The summed E-state index contributed by atoms with van der Waals surface area (Å²) in [6, 6.07) is 7.39. The normalized spacial score (nSPS) is 16.0. The fraction of sp³-hybridized carbons (Fsp3) is 0.480. The first-order chi connectivity index (χ1) is 14.9. The molecule has 1 aliphatic rings. The molecule has 174 valence electrons. The van der Waals surface area contributed by atoms with Crippen LogP contribution in [0.2, 0.25) is 18.1 Å². The third kappa shape index (κ3) is 4.43. The SMILES string of the molecule is COc1c(O[Si](C)(C)C(C)(C)C)cc2c(c1OC)-c1ccc(SC)c(=O)cc1C(N)CC2. The van der Waals surface area contributed by atoms with Gasteiger partial charge in [-0.15, -0.1) is 11.8 Å². The number of methoxy groups -OCH3 is 2. The Hall–Kier alpha value is -1.96. The van der Waals surface area contributed by atoms with Gasteiger partial charge in [0, 0.05) is 11.6 Å². The maximum atomic E-state index is 12.7. The van der Waals surface area contributed by atoms with Crippen molar-refractivity contribution >= 4 is 20.1 Å². The lowest BCUT2D eigenvalue weighted by Crippen LogP contribution is -2.44. The van der Waals surface area contributed by atoms with Crippen molar-refractivity contribution in [3.05, 3.63) is 45.6 Å². The van der Waals surface area contributed by atoms with Crippen molar-refractivity contribution in [2.24, 2.45) is 5.73 Å². The molecule has 0 amide bonds. The summed E-state index contributed by atoms with van der Waals surface area (Å²) in [6.07, 6.45) is 3.39. The molecule has 5 nitrogen and oxygen atoms in total. The van der Waals surface area contributed by atoms with Crippen LogP contribution in [-0.4, -0.2) is 28.8 Å². The molecule has 0 aromatic heterocycles. The van der Waals surface area contributed by atoms with E-state index in [1.54, 1.807) is 20.3 Å². The number of nitrogens with two attached hydrogens (primary N) is 1. The highest BCUT2D eigenvalue weighted by atomic mass is 32.2. The fourth-order valence-corrected chi connectivity index (χ4v) is 5.32. The molecule has 1 atom stereocenters. The van der Waals surface area contributed by atoms with Crippen LogP contribution in [0.3, 0.4) is 0 Å². The van der Waals surface area contributed by atoms with Crippen LogP contribution in [0.4, 0.5) is 0 Å². The van der Waals surface area contributed by atoms with E-state index in [1.807, 2.05) is 18.4 Å². The molecule has 3 rings (SSSR count). The Labute approximate surface area is 196 Å². The smallest absolute Gasteiger partial charge is 0.250 e. The van der Waals surface area contributed by atoms with E-state index in [9.17, 15) is 4.79 Å². The van der Waals surface area contributed by atoms with Crippen LogP contribution >= 0.6 is 11.8 Å². The zero-order valence-corrected chi connectivity index (χ0v) is 22.2. The van der Waals surface area contributed by atoms with Gasteiger partial charge in [0.1, 0.15) is 0 Å². The lowest BCUT2D eigenvalue weighted by atomic mass is 9.95. The topological polar surface area (TPSA) is 70.8 Å². The van der Waals surface area contributed by atoms with E-state index in [-0.39, 0.29) is 16.5 Å². The summed E-state index contributed by atoms with van der Waals surface area (Å²) in [5.41, 5.74) is 10.3. The van der Waals surface area contributed by atoms with Gasteiger partial charge in [-0.3, -0.25) is 4.79 Å². The molecule has 2 N–H and O–H groups in total. The third-order valence-electron chi connectivity index (χ3n) is 6.72. The van der Waals surface area contributed by atoms with E-state index >= 15 is 0 Å². The van der Waals surface area contributed by atoms with Gasteiger partial charge >= 0.3 is 0 Å².